The lowest BCUT2D eigenvalue weighted by Gasteiger charge is -2.09. The molecule has 4 heteroatoms. The van der Waals surface area contributed by atoms with Gasteiger partial charge in [-0.2, -0.15) is 5.26 Å². The maximum absolute atomic E-state index is 13.8. The first kappa shape index (κ1) is 12.8. The van der Waals surface area contributed by atoms with Crippen LogP contribution in [0.5, 0.6) is 0 Å². The summed E-state index contributed by atoms with van der Waals surface area (Å²) in [5.74, 6) is -0.446. The summed E-state index contributed by atoms with van der Waals surface area (Å²) in [7, 11) is 0. The van der Waals surface area contributed by atoms with Crippen LogP contribution in [0.1, 0.15) is 11.1 Å². The predicted octanol–water partition coefficient (Wildman–Crippen LogP) is 3.91. The zero-order valence-electron chi connectivity index (χ0n) is 9.45. The van der Waals surface area contributed by atoms with E-state index in [1.165, 1.54) is 6.07 Å². The fraction of sp³-hybridized carbons (Fsp3) is 0.0714. The van der Waals surface area contributed by atoms with Gasteiger partial charge in [0.25, 0.3) is 0 Å². The number of halogens is 2. The number of hydrogen-bond donors (Lipinski definition) is 1. The van der Waals surface area contributed by atoms with Crippen LogP contribution in [0.25, 0.3) is 0 Å². The molecular weight excluding hydrogens is 342 g/mol. The number of nitriles is 1. The van der Waals surface area contributed by atoms with Crippen molar-refractivity contribution in [2.24, 2.45) is 0 Å². The lowest BCUT2D eigenvalue weighted by molar-refractivity contribution is 0.609. The lowest BCUT2D eigenvalue weighted by atomic mass is 10.1. The van der Waals surface area contributed by atoms with Crippen LogP contribution in [0.3, 0.4) is 0 Å². The van der Waals surface area contributed by atoms with Gasteiger partial charge in [0.15, 0.2) is 0 Å². The standard InChI is InChI=1S/C14H10FIN2/c15-14-10(8-17)4-3-5-11(14)9-18-13-7-2-1-6-12(13)16/h1-7,18H,9H2. The van der Waals surface area contributed by atoms with Crippen molar-refractivity contribution in [3.05, 3.63) is 63.0 Å². The minimum absolute atomic E-state index is 0.0806. The molecule has 90 valence electrons. The lowest BCUT2D eigenvalue weighted by Crippen LogP contribution is -2.04. The highest BCUT2D eigenvalue weighted by atomic mass is 127. The van der Waals surface area contributed by atoms with Gasteiger partial charge in [0, 0.05) is 21.4 Å². The van der Waals surface area contributed by atoms with E-state index in [0.717, 1.165) is 9.26 Å². The van der Waals surface area contributed by atoms with Gasteiger partial charge in [-0.15, -0.1) is 0 Å². The number of benzene rings is 2. The molecule has 0 spiro atoms. The van der Waals surface area contributed by atoms with E-state index in [-0.39, 0.29) is 5.56 Å². The Bertz CT molecular complexity index is 605. The molecule has 2 rings (SSSR count). The molecule has 0 amide bonds. The van der Waals surface area contributed by atoms with Crippen molar-refractivity contribution in [2.45, 2.75) is 6.54 Å². The molecule has 2 nitrogen and oxygen atoms in total. The summed E-state index contributed by atoms with van der Waals surface area (Å²) in [6.07, 6.45) is 0. The summed E-state index contributed by atoms with van der Waals surface area (Å²) < 4.78 is 14.9. The Morgan fingerprint density at radius 2 is 1.94 bits per heavy atom. The van der Waals surface area contributed by atoms with Crippen LogP contribution in [-0.4, -0.2) is 0 Å². The van der Waals surface area contributed by atoms with Crippen LogP contribution in [0, 0.1) is 20.7 Å². The van der Waals surface area contributed by atoms with Crippen molar-refractivity contribution in [1.29, 1.82) is 5.26 Å². The topological polar surface area (TPSA) is 35.8 Å². The molecule has 0 aliphatic rings. The second kappa shape index (κ2) is 5.83. The number of hydrogen-bond acceptors (Lipinski definition) is 2. The molecule has 0 fully saturated rings. The molecule has 0 heterocycles. The predicted molar refractivity (Wildman–Crippen MR) is 77.6 cm³/mol. The van der Waals surface area contributed by atoms with Gasteiger partial charge in [-0.05, 0) is 40.8 Å². The fourth-order valence-corrected chi connectivity index (χ4v) is 2.18. The Morgan fingerprint density at radius 3 is 2.67 bits per heavy atom. The van der Waals surface area contributed by atoms with Crippen LogP contribution in [-0.2, 0) is 6.54 Å². The van der Waals surface area contributed by atoms with Crippen molar-refractivity contribution in [3.8, 4) is 6.07 Å². The molecule has 0 aliphatic heterocycles. The van der Waals surface area contributed by atoms with E-state index >= 15 is 0 Å². The van der Waals surface area contributed by atoms with Gasteiger partial charge in [0.1, 0.15) is 11.9 Å². The van der Waals surface area contributed by atoms with Crippen molar-refractivity contribution in [1.82, 2.24) is 0 Å². The minimum atomic E-state index is -0.446. The van der Waals surface area contributed by atoms with Crippen molar-refractivity contribution < 1.29 is 4.39 Å². The second-order valence-corrected chi connectivity index (χ2v) is 4.89. The SMILES string of the molecule is N#Cc1cccc(CNc2ccccc2I)c1F. The first-order valence-electron chi connectivity index (χ1n) is 5.38. The molecule has 0 saturated carbocycles. The molecule has 0 radical (unpaired) electrons. The van der Waals surface area contributed by atoms with Gasteiger partial charge < -0.3 is 5.32 Å². The average Bonchev–Trinajstić information content (AvgIpc) is 2.39. The first-order valence-corrected chi connectivity index (χ1v) is 6.46. The Balaban J connectivity index is 2.17. The summed E-state index contributed by atoms with van der Waals surface area (Å²) in [6.45, 7) is 0.362. The van der Waals surface area contributed by atoms with E-state index in [2.05, 4.69) is 27.9 Å². The zero-order valence-corrected chi connectivity index (χ0v) is 11.6. The number of anilines is 1. The smallest absolute Gasteiger partial charge is 0.145 e. The van der Waals surface area contributed by atoms with E-state index in [4.69, 9.17) is 5.26 Å². The van der Waals surface area contributed by atoms with Crippen molar-refractivity contribution in [2.75, 3.05) is 5.32 Å². The number of nitrogens with zero attached hydrogens (tertiary/aromatic N) is 1. The molecule has 0 bridgehead atoms. The summed E-state index contributed by atoms with van der Waals surface area (Å²) in [5.41, 5.74) is 1.53. The minimum Gasteiger partial charge on any atom is -0.380 e. The van der Waals surface area contributed by atoms with Gasteiger partial charge in [-0.25, -0.2) is 4.39 Å². The van der Waals surface area contributed by atoms with Crippen LogP contribution < -0.4 is 5.32 Å². The maximum atomic E-state index is 13.8. The van der Waals surface area contributed by atoms with Crippen molar-refractivity contribution in [3.63, 3.8) is 0 Å². The number of para-hydroxylation sites is 1. The van der Waals surface area contributed by atoms with Crippen LogP contribution in [0.2, 0.25) is 0 Å². The van der Waals surface area contributed by atoms with Gasteiger partial charge >= 0.3 is 0 Å². The van der Waals surface area contributed by atoms with Crippen LogP contribution in [0.4, 0.5) is 10.1 Å². The molecular formula is C14H10FIN2. The molecule has 1 N–H and O–H groups in total. The van der Waals surface area contributed by atoms with E-state index < -0.39 is 5.82 Å². The molecule has 0 aliphatic carbocycles. The van der Waals surface area contributed by atoms with Crippen LogP contribution >= 0.6 is 22.6 Å². The van der Waals surface area contributed by atoms with Crippen molar-refractivity contribution >= 4 is 28.3 Å². The third-order valence-electron chi connectivity index (χ3n) is 2.54. The molecule has 0 aromatic heterocycles. The van der Waals surface area contributed by atoms with Gasteiger partial charge in [-0.3, -0.25) is 0 Å². The van der Waals surface area contributed by atoms with E-state index in [9.17, 15) is 4.39 Å². The summed E-state index contributed by atoms with van der Waals surface area (Å²) in [4.78, 5) is 0. The average molecular weight is 352 g/mol. The Morgan fingerprint density at radius 1 is 1.17 bits per heavy atom. The van der Waals surface area contributed by atoms with E-state index in [1.807, 2.05) is 30.3 Å². The summed E-state index contributed by atoms with van der Waals surface area (Å²) >= 11 is 2.22. The molecule has 0 saturated heterocycles. The number of nitrogens with one attached hydrogen (secondary N) is 1. The third-order valence-corrected chi connectivity index (χ3v) is 3.48. The number of rotatable bonds is 3. The second-order valence-electron chi connectivity index (χ2n) is 3.72. The highest BCUT2D eigenvalue weighted by molar-refractivity contribution is 14.1. The Kier molecular flexibility index (Phi) is 4.15. The largest absolute Gasteiger partial charge is 0.380 e. The molecule has 0 unspecified atom stereocenters. The van der Waals surface area contributed by atoms with Gasteiger partial charge in [-0.1, -0.05) is 24.3 Å². The normalized spacial score (nSPS) is 9.83. The quantitative estimate of drug-likeness (QED) is 0.851. The van der Waals surface area contributed by atoms with Gasteiger partial charge in [0.2, 0.25) is 0 Å². The highest BCUT2D eigenvalue weighted by Gasteiger charge is 2.07. The molecule has 0 atom stereocenters. The highest BCUT2D eigenvalue weighted by Crippen LogP contribution is 2.19. The maximum Gasteiger partial charge on any atom is 0.145 e. The first-order chi connectivity index (χ1) is 8.72. The van der Waals surface area contributed by atoms with E-state index in [1.54, 1.807) is 12.1 Å². The Hall–Kier alpha value is -1.61. The molecule has 2 aromatic carbocycles. The van der Waals surface area contributed by atoms with Crippen LogP contribution in [0.15, 0.2) is 42.5 Å². The zero-order chi connectivity index (χ0) is 13.0. The Labute approximate surface area is 119 Å². The van der Waals surface area contributed by atoms with E-state index in [0.29, 0.717) is 12.1 Å². The summed E-state index contributed by atoms with van der Waals surface area (Å²) in [6, 6.07) is 14.5. The monoisotopic (exact) mass is 352 g/mol. The molecule has 18 heavy (non-hydrogen) atoms. The third kappa shape index (κ3) is 2.79. The van der Waals surface area contributed by atoms with Gasteiger partial charge in [0.05, 0.1) is 5.56 Å². The fourth-order valence-electron chi connectivity index (χ4n) is 1.60. The summed E-state index contributed by atoms with van der Waals surface area (Å²) in [5, 5.41) is 11.9. The molecule has 2 aromatic rings.